The van der Waals surface area contributed by atoms with Gasteiger partial charge in [0.25, 0.3) is 5.91 Å². The van der Waals surface area contributed by atoms with Crippen molar-refractivity contribution in [2.75, 3.05) is 5.32 Å². The first-order valence-corrected chi connectivity index (χ1v) is 6.21. The summed E-state index contributed by atoms with van der Waals surface area (Å²) in [5, 5.41) is 12.8. The molecule has 4 heteroatoms. The van der Waals surface area contributed by atoms with E-state index >= 15 is 0 Å². The predicted molar refractivity (Wildman–Crippen MR) is 77.0 cm³/mol. The Hall–Kier alpha value is -2.00. The van der Waals surface area contributed by atoms with E-state index in [1.54, 1.807) is 18.2 Å². The number of rotatable bonds is 2. The maximum Gasteiger partial charge on any atom is 0.255 e. The third-order valence-corrected chi connectivity index (χ3v) is 2.93. The largest absolute Gasteiger partial charge is 0.506 e. The maximum atomic E-state index is 12.1. The summed E-state index contributed by atoms with van der Waals surface area (Å²) in [5.41, 5.74) is 2.88. The second kappa shape index (κ2) is 5.33. The number of hydrogen-bond donors (Lipinski definition) is 2. The Bertz CT molecular complexity index is 618. The summed E-state index contributed by atoms with van der Waals surface area (Å²) in [5.74, 6) is -0.286. The monoisotopic (exact) mass is 275 g/mol. The summed E-state index contributed by atoms with van der Waals surface area (Å²) in [4.78, 5) is 12.1. The third kappa shape index (κ3) is 3.26. The second-order valence-corrected chi connectivity index (χ2v) is 4.93. The molecule has 2 aromatic carbocycles. The van der Waals surface area contributed by atoms with Crippen molar-refractivity contribution in [2.24, 2.45) is 0 Å². The Labute approximate surface area is 116 Å². The Kier molecular flexibility index (Phi) is 3.76. The summed E-state index contributed by atoms with van der Waals surface area (Å²) in [6.07, 6.45) is 0. The molecule has 0 aromatic heterocycles. The standard InChI is InChI=1S/C15H14ClNO2/c1-9-5-10(2)7-11(6-9)15(19)17-13-8-12(16)3-4-14(13)18/h3-8,18H,1-2H3,(H,17,19). The number of anilines is 1. The van der Waals surface area contributed by atoms with Gasteiger partial charge in [0, 0.05) is 10.6 Å². The molecular formula is C15H14ClNO2. The first-order valence-electron chi connectivity index (χ1n) is 5.84. The zero-order chi connectivity index (χ0) is 14.0. The van der Waals surface area contributed by atoms with E-state index in [0.717, 1.165) is 11.1 Å². The smallest absolute Gasteiger partial charge is 0.255 e. The molecule has 0 bridgehead atoms. The highest BCUT2D eigenvalue weighted by atomic mass is 35.5. The lowest BCUT2D eigenvalue weighted by molar-refractivity contribution is 0.102. The molecular weight excluding hydrogens is 262 g/mol. The molecule has 0 atom stereocenters. The van der Waals surface area contributed by atoms with E-state index in [0.29, 0.717) is 16.3 Å². The van der Waals surface area contributed by atoms with E-state index in [1.165, 1.54) is 12.1 Å². The number of hydrogen-bond acceptors (Lipinski definition) is 2. The van der Waals surface area contributed by atoms with Gasteiger partial charge in [0.05, 0.1) is 5.69 Å². The molecule has 2 rings (SSSR count). The maximum absolute atomic E-state index is 12.1. The average molecular weight is 276 g/mol. The lowest BCUT2D eigenvalue weighted by Crippen LogP contribution is -2.12. The molecule has 0 unspecified atom stereocenters. The van der Waals surface area contributed by atoms with Crippen LogP contribution < -0.4 is 5.32 Å². The zero-order valence-electron chi connectivity index (χ0n) is 10.7. The van der Waals surface area contributed by atoms with Gasteiger partial charge in [-0.2, -0.15) is 0 Å². The highest BCUT2D eigenvalue weighted by Gasteiger charge is 2.10. The molecule has 0 aliphatic carbocycles. The van der Waals surface area contributed by atoms with Gasteiger partial charge in [-0.05, 0) is 44.2 Å². The lowest BCUT2D eigenvalue weighted by atomic mass is 10.1. The van der Waals surface area contributed by atoms with Gasteiger partial charge in [-0.1, -0.05) is 28.8 Å². The number of phenolic OH excluding ortho intramolecular Hbond substituents is 1. The quantitative estimate of drug-likeness (QED) is 0.816. The van der Waals surface area contributed by atoms with E-state index in [1.807, 2.05) is 19.9 Å². The van der Waals surface area contributed by atoms with Crippen LogP contribution in [0.5, 0.6) is 5.75 Å². The normalized spacial score (nSPS) is 10.3. The molecule has 3 nitrogen and oxygen atoms in total. The molecule has 0 aliphatic heterocycles. The van der Waals surface area contributed by atoms with Gasteiger partial charge in [-0.3, -0.25) is 4.79 Å². The molecule has 2 N–H and O–H groups in total. The highest BCUT2D eigenvalue weighted by Crippen LogP contribution is 2.27. The molecule has 0 fully saturated rings. The number of carbonyl (C=O) groups is 1. The van der Waals surface area contributed by atoms with Gasteiger partial charge in [0.2, 0.25) is 0 Å². The first kappa shape index (κ1) is 13.4. The molecule has 19 heavy (non-hydrogen) atoms. The molecule has 0 radical (unpaired) electrons. The van der Waals surface area contributed by atoms with Crippen LogP contribution in [-0.2, 0) is 0 Å². The number of aryl methyl sites for hydroxylation is 2. The van der Waals surface area contributed by atoms with Crippen LogP contribution in [0.25, 0.3) is 0 Å². The fraction of sp³-hybridized carbons (Fsp3) is 0.133. The Morgan fingerprint density at radius 2 is 1.74 bits per heavy atom. The van der Waals surface area contributed by atoms with Crippen LogP contribution in [0, 0.1) is 13.8 Å². The van der Waals surface area contributed by atoms with Gasteiger partial charge in [-0.25, -0.2) is 0 Å². The molecule has 2 aromatic rings. The van der Waals surface area contributed by atoms with Crippen molar-refractivity contribution in [3.63, 3.8) is 0 Å². The van der Waals surface area contributed by atoms with Gasteiger partial charge < -0.3 is 10.4 Å². The van der Waals surface area contributed by atoms with Crippen molar-refractivity contribution in [3.8, 4) is 5.75 Å². The highest BCUT2D eigenvalue weighted by molar-refractivity contribution is 6.31. The topological polar surface area (TPSA) is 49.3 Å². The SMILES string of the molecule is Cc1cc(C)cc(C(=O)Nc2cc(Cl)ccc2O)c1. The number of amides is 1. The average Bonchev–Trinajstić information content (AvgIpc) is 2.32. The van der Waals surface area contributed by atoms with Crippen molar-refractivity contribution in [1.82, 2.24) is 0 Å². The van der Waals surface area contributed by atoms with Crippen molar-refractivity contribution in [3.05, 3.63) is 58.1 Å². The van der Waals surface area contributed by atoms with Gasteiger partial charge in [0.1, 0.15) is 5.75 Å². The summed E-state index contributed by atoms with van der Waals surface area (Å²) >= 11 is 5.83. The fourth-order valence-corrected chi connectivity index (χ4v) is 2.08. The van der Waals surface area contributed by atoms with E-state index in [9.17, 15) is 9.90 Å². The number of carbonyl (C=O) groups excluding carboxylic acids is 1. The first-order chi connectivity index (χ1) is 8.95. The third-order valence-electron chi connectivity index (χ3n) is 2.69. The van der Waals surface area contributed by atoms with E-state index in [2.05, 4.69) is 5.32 Å². The summed E-state index contributed by atoms with van der Waals surface area (Å²) < 4.78 is 0. The van der Waals surface area contributed by atoms with Crippen LogP contribution in [0.2, 0.25) is 5.02 Å². The van der Waals surface area contributed by atoms with Gasteiger partial charge in [0.15, 0.2) is 0 Å². The van der Waals surface area contributed by atoms with Crippen molar-refractivity contribution < 1.29 is 9.90 Å². The molecule has 0 heterocycles. The van der Waals surface area contributed by atoms with Crippen LogP contribution >= 0.6 is 11.6 Å². The molecule has 0 spiro atoms. The van der Waals surface area contributed by atoms with Crippen molar-refractivity contribution in [2.45, 2.75) is 13.8 Å². The van der Waals surface area contributed by atoms with Crippen molar-refractivity contribution in [1.29, 1.82) is 0 Å². The van der Waals surface area contributed by atoms with Gasteiger partial charge in [-0.15, -0.1) is 0 Å². The number of aromatic hydroxyl groups is 1. The van der Waals surface area contributed by atoms with Crippen LogP contribution in [0.15, 0.2) is 36.4 Å². The molecule has 1 amide bonds. The fourth-order valence-electron chi connectivity index (χ4n) is 1.91. The lowest BCUT2D eigenvalue weighted by Gasteiger charge is -2.09. The van der Waals surface area contributed by atoms with E-state index < -0.39 is 0 Å². The Balaban J connectivity index is 2.28. The summed E-state index contributed by atoms with van der Waals surface area (Å²) in [6.45, 7) is 3.86. The summed E-state index contributed by atoms with van der Waals surface area (Å²) in [7, 11) is 0. The number of benzene rings is 2. The molecule has 0 saturated heterocycles. The van der Waals surface area contributed by atoms with E-state index in [4.69, 9.17) is 11.6 Å². The zero-order valence-corrected chi connectivity index (χ0v) is 11.5. The molecule has 98 valence electrons. The Morgan fingerprint density at radius 3 is 2.37 bits per heavy atom. The number of phenols is 1. The van der Waals surface area contributed by atoms with Crippen LogP contribution in [0.4, 0.5) is 5.69 Å². The minimum absolute atomic E-state index is 0.0119. The molecule has 0 saturated carbocycles. The second-order valence-electron chi connectivity index (χ2n) is 4.49. The Morgan fingerprint density at radius 1 is 1.11 bits per heavy atom. The predicted octanol–water partition coefficient (Wildman–Crippen LogP) is 3.91. The van der Waals surface area contributed by atoms with Crippen molar-refractivity contribution >= 4 is 23.2 Å². The molecule has 0 aliphatic rings. The minimum atomic E-state index is -0.274. The number of halogens is 1. The van der Waals surface area contributed by atoms with E-state index in [-0.39, 0.29) is 11.7 Å². The number of nitrogens with one attached hydrogen (secondary N) is 1. The minimum Gasteiger partial charge on any atom is -0.506 e. The summed E-state index contributed by atoms with van der Waals surface area (Å²) in [6, 6.07) is 10.1. The van der Waals surface area contributed by atoms with Crippen LogP contribution in [0.1, 0.15) is 21.5 Å². The van der Waals surface area contributed by atoms with Crippen LogP contribution in [0.3, 0.4) is 0 Å². The van der Waals surface area contributed by atoms with Gasteiger partial charge >= 0.3 is 0 Å². The van der Waals surface area contributed by atoms with Crippen LogP contribution in [-0.4, -0.2) is 11.0 Å².